The summed E-state index contributed by atoms with van der Waals surface area (Å²) in [7, 11) is -0.483. The quantitative estimate of drug-likeness (QED) is 0.0942. The molecule has 2 aliphatic heterocycles. The van der Waals surface area contributed by atoms with Crippen LogP contribution in [0.1, 0.15) is 64.3 Å². The van der Waals surface area contributed by atoms with E-state index < -0.39 is 38.8 Å². The van der Waals surface area contributed by atoms with E-state index in [2.05, 4.69) is 88.3 Å². The molecule has 0 aliphatic carbocycles. The van der Waals surface area contributed by atoms with Crippen LogP contribution in [-0.2, 0) is 19.1 Å². The number of carbonyl (C=O) groups excluding carboxylic acids is 4. The number of methoxy groups -OCH3 is 1. The third-order valence-corrected chi connectivity index (χ3v) is 14.9. The zero-order valence-electron chi connectivity index (χ0n) is 35.3. The largest absolute Gasteiger partial charge is 0.453 e. The highest BCUT2D eigenvalue weighted by Gasteiger charge is 2.46. The number of carbonyl (C=O) groups is 4. The lowest BCUT2D eigenvalue weighted by molar-refractivity contribution is -0.139. The van der Waals surface area contributed by atoms with Crippen LogP contribution in [0.3, 0.4) is 0 Å². The summed E-state index contributed by atoms with van der Waals surface area (Å²) in [5, 5.41) is 18.9. The maximum absolute atomic E-state index is 14.0. The molecule has 14 nitrogen and oxygen atoms in total. The molecule has 4 aromatic carbocycles. The molecule has 2 aromatic heterocycles. The Morgan fingerprint density at radius 3 is 1.85 bits per heavy atom. The number of rotatable bonds is 10. The Labute approximate surface area is 349 Å². The summed E-state index contributed by atoms with van der Waals surface area (Å²) in [6.07, 6.45) is 1.64. The van der Waals surface area contributed by atoms with E-state index in [-0.39, 0.29) is 35.7 Å². The number of imidazole rings is 2. The molecule has 0 radical (unpaired) electrons. The molecule has 0 bridgehead atoms. The molecule has 4 atom stereocenters. The fourth-order valence-electron chi connectivity index (χ4n) is 9.17. The zero-order chi connectivity index (χ0) is 42.6. The van der Waals surface area contributed by atoms with Crippen LogP contribution in [0.15, 0.2) is 60.7 Å². The summed E-state index contributed by atoms with van der Waals surface area (Å²) in [5.41, 5.74) is 5.61. The smallest absolute Gasteiger partial charge is 0.407 e. The van der Waals surface area contributed by atoms with Crippen LogP contribution in [0.4, 0.5) is 4.79 Å². The first-order valence-electron chi connectivity index (χ1n) is 20.9. The van der Waals surface area contributed by atoms with Gasteiger partial charge in [0.2, 0.25) is 17.7 Å². The second-order valence-electron chi connectivity index (χ2n) is 17.9. The van der Waals surface area contributed by atoms with Crippen LogP contribution in [-0.4, -0.2) is 105 Å². The second-order valence-corrected chi connectivity index (χ2v) is 22.9. The SMILES string of the molecule is COC(=O)NC(C(=O)N1C[Si](C)(C)CC1c1nc2c(ccc3cc(-c4ccc5c(ccc6[nH]c([C@@H]7CCCN7C(=O)C(NC(=O)CO)C(C)C)nc65)c4)ccc32)[nH]1)C(C)C. The molecule has 60 heavy (non-hydrogen) atoms. The van der Waals surface area contributed by atoms with Crippen molar-refractivity contribution in [3.8, 4) is 11.1 Å². The van der Waals surface area contributed by atoms with Gasteiger partial charge < -0.3 is 40.2 Å². The molecule has 5 N–H and O–H groups in total. The lowest BCUT2D eigenvalue weighted by Gasteiger charge is -2.30. The number of nitrogens with zero attached hydrogens (tertiary/aromatic N) is 4. The van der Waals surface area contributed by atoms with E-state index in [9.17, 15) is 24.3 Å². The molecule has 2 aliphatic rings. The molecule has 4 amide bonds. The van der Waals surface area contributed by atoms with Crippen molar-refractivity contribution in [2.75, 3.05) is 26.4 Å². The highest BCUT2D eigenvalue weighted by atomic mass is 28.3. The van der Waals surface area contributed by atoms with Gasteiger partial charge in [-0.05, 0) is 76.9 Å². The van der Waals surface area contributed by atoms with Crippen molar-refractivity contribution in [1.82, 2.24) is 40.4 Å². The average Bonchev–Trinajstić information content (AvgIpc) is 4.05. The Morgan fingerprint density at radius 1 is 0.783 bits per heavy atom. The zero-order valence-corrected chi connectivity index (χ0v) is 36.3. The second kappa shape index (κ2) is 16.0. The van der Waals surface area contributed by atoms with Gasteiger partial charge in [0.1, 0.15) is 30.3 Å². The Hall–Kier alpha value is -5.80. The number of aromatic nitrogens is 4. The molecule has 4 heterocycles. The molecule has 0 saturated carbocycles. The van der Waals surface area contributed by atoms with Gasteiger partial charge in [-0.2, -0.15) is 0 Å². The Morgan fingerprint density at radius 2 is 1.32 bits per heavy atom. The third kappa shape index (κ3) is 7.60. The monoisotopic (exact) mass is 830 g/mol. The summed E-state index contributed by atoms with van der Waals surface area (Å²) >= 11 is 0. The van der Waals surface area contributed by atoms with Crippen molar-refractivity contribution >= 4 is 75.5 Å². The number of hydrogen-bond donors (Lipinski definition) is 5. The number of alkyl carbamates (subject to hydrolysis) is 1. The van der Waals surface area contributed by atoms with Crippen LogP contribution >= 0.6 is 0 Å². The molecule has 3 unspecified atom stereocenters. The number of fused-ring (bicyclic) bond motifs is 6. The first-order chi connectivity index (χ1) is 28.7. The summed E-state index contributed by atoms with van der Waals surface area (Å²) in [6.45, 7) is 12.1. The van der Waals surface area contributed by atoms with Gasteiger partial charge in [-0.1, -0.05) is 77.2 Å². The molecule has 2 fully saturated rings. The van der Waals surface area contributed by atoms with Crippen molar-refractivity contribution in [2.24, 2.45) is 11.8 Å². The maximum Gasteiger partial charge on any atom is 0.407 e. The summed E-state index contributed by atoms with van der Waals surface area (Å²) < 4.78 is 4.84. The van der Waals surface area contributed by atoms with E-state index in [1.54, 1.807) is 4.90 Å². The van der Waals surface area contributed by atoms with Crippen LogP contribution < -0.4 is 10.6 Å². The highest BCUT2D eigenvalue weighted by Crippen LogP contribution is 2.40. The van der Waals surface area contributed by atoms with Crippen molar-refractivity contribution in [3.63, 3.8) is 0 Å². The number of ether oxygens (including phenoxy) is 1. The summed E-state index contributed by atoms with van der Waals surface area (Å²) in [5.74, 6) is 0.359. The number of amides is 4. The standard InChI is InChI=1S/C45H54N8O6Si/c1-24(2)37(48-36(55)21-54)43(56)52-18-8-9-34(52)41-46-32-16-12-28-19-26(10-14-30(28)39(32)49-41)27-11-15-31-29(20-27)13-17-33-40(31)50-42(47-33)35-22-60(6,7)23-53(35)44(57)38(25(3)4)51-45(58)59-5/h10-17,19-20,24-25,34-35,37-38,54H,8-9,18,21-23H2,1-7H3,(H,46,49)(H,47,50)(H,48,55)(H,51,58)/t34-,35?,37?,38?/m0/s1. The normalized spacial score (nSPS) is 18.9. The van der Waals surface area contributed by atoms with Crippen LogP contribution in [0, 0.1) is 11.8 Å². The predicted octanol–water partition coefficient (Wildman–Crippen LogP) is 6.72. The maximum atomic E-state index is 14.0. The van der Waals surface area contributed by atoms with Crippen LogP contribution in [0.2, 0.25) is 19.1 Å². The third-order valence-electron chi connectivity index (χ3n) is 12.3. The van der Waals surface area contributed by atoms with E-state index in [4.69, 9.17) is 14.7 Å². The van der Waals surface area contributed by atoms with Crippen LogP contribution in [0.5, 0.6) is 0 Å². The topological polar surface area (TPSA) is 186 Å². The molecule has 8 rings (SSSR count). The van der Waals surface area contributed by atoms with Crippen molar-refractivity contribution in [1.29, 1.82) is 0 Å². The number of hydrogen-bond acceptors (Lipinski definition) is 8. The van der Waals surface area contributed by atoms with E-state index in [0.717, 1.165) is 85.3 Å². The minimum atomic E-state index is -1.79. The van der Waals surface area contributed by atoms with Gasteiger partial charge in [-0.15, -0.1) is 0 Å². The number of aliphatic hydroxyl groups is 1. The van der Waals surface area contributed by atoms with Gasteiger partial charge in [0.15, 0.2) is 0 Å². The van der Waals surface area contributed by atoms with Gasteiger partial charge in [0, 0.05) is 23.5 Å². The van der Waals surface area contributed by atoms with Gasteiger partial charge in [-0.3, -0.25) is 14.4 Å². The fourth-order valence-corrected chi connectivity index (χ4v) is 12.1. The van der Waals surface area contributed by atoms with Crippen molar-refractivity contribution in [3.05, 3.63) is 72.3 Å². The van der Waals surface area contributed by atoms with Crippen LogP contribution in [0.25, 0.3) is 54.7 Å². The Kier molecular flexibility index (Phi) is 10.9. The number of likely N-dealkylation sites (tertiary alicyclic amines) is 1. The number of aliphatic hydroxyl groups excluding tert-OH is 1. The minimum absolute atomic E-state index is 0.118. The summed E-state index contributed by atoms with van der Waals surface area (Å²) in [4.78, 5) is 72.9. The van der Waals surface area contributed by atoms with Gasteiger partial charge in [-0.25, -0.2) is 14.8 Å². The molecule has 0 spiro atoms. The lowest BCUT2D eigenvalue weighted by Crippen LogP contribution is -2.52. The van der Waals surface area contributed by atoms with E-state index in [0.29, 0.717) is 12.7 Å². The Balaban J connectivity index is 1.06. The predicted molar refractivity (Wildman–Crippen MR) is 235 cm³/mol. The summed E-state index contributed by atoms with van der Waals surface area (Å²) in [6, 6.07) is 20.0. The van der Waals surface area contributed by atoms with E-state index in [1.165, 1.54) is 7.11 Å². The van der Waals surface area contributed by atoms with Crippen molar-refractivity contribution in [2.45, 2.75) is 83.8 Å². The minimum Gasteiger partial charge on any atom is -0.453 e. The number of benzene rings is 4. The van der Waals surface area contributed by atoms with Crippen molar-refractivity contribution < 1.29 is 29.0 Å². The molecular formula is C45H54N8O6Si. The molecule has 314 valence electrons. The number of H-pyrrole nitrogens is 2. The van der Waals surface area contributed by atoms with Gasteiger partial charge >= 0.3 is 6.09 Å². The van der Waals surface area contributed by atoms with Gasteiger partial charge in [0.25, 0.3) is 0 Å². The first kappa shape index (κ1) is 41.0. The molecule has 2 saturated heterocycles. The number of nitrogens with one attached hydrogen (secondary N) is 4. The molecular weight excluding hydrogens is 777 g/mol. The molecule has 15 heteroatoms. The number of aromatic amines is 2. The average molecular weight is 831 g/mol. The Bertz CT molecular complexity index is 2650. The van der Waals surface area contributed by atoms with E-state index in [1.807, 2.05) is 38.7 Å². The van der Waals surface area contributed by atoms with Gasteiger partial charge in [0.05, 0.1) is 49.3 Å². The fraction of sp³-hybridized carbons (Fsp3) is 0.422. The van der Waals surface area contributed by atoms with E-state index >= 15 is 0 Å². The highest BCUT2D eigenvalue weighted by molar-refractivity contribution is 6.78. The lowest BCUT2D eigenvalue weighted by atomic mass is 9.98. The molecule has 6 aromatic rings. The first-order valence-corrected chi connectivity index (χ1v) is 24.3.